The minimum Gasteiger partial charge on any atom is -0.483 e. The van der Waals surface area contributed by atoms with Crippen LogP contribution < -0.4 is 4.90 Å². The second kappa shape index (κ2) is 7.88. The number of rotatable bonds is 2. The third kappa shape index (κ3) is 3.25. The molecule has 5 atom stereocenters. The monoisotopic (exact) mass is 486 g/mol. The van der Waals surface area contributed by atoms with Gasteiger partial charge in [-0.3, -0.25) is 14.5 Å². The first-order valence-electron chi connectivity index (χ1n) is 11.6. The minimum absolute atomic E-state index is 0.0115. The molecule has 2 aliphatic heterocycles. The summed E-state index contributed by atoms with van der Waals surface area (Å²) in [5.74, 6) is 1.40. The van der Waals surface area contributed by atoms with E-state index in [4.69, 9.17) is 32.5 Å². The van der Waals surface area contributed by atoms with Crippen LogP contribution in [-0.2, 0) is 14.3 Å². The van der Waals surface area contributed by atoms with E-state index in [1.165, 1.54) is 17.7 Å². The van der Waals surface area contributed by atoms with Gasteiger partial charge in [-0.1, -0.05) is 53.7 Å². The second-order valence-electron chi connectivity index (χ2n) is 9.63. The number of amides is 1. The van der Waals surface area contributed by atoms with E-state index in [0.717, 1.165) is 25.7 Å². The number of hydrogen-bond acceptors (Lipinski definition) is 5. The molecule has 8 heteroatoms. The first-order chi connectivity index (χ1) is 15.9. The van der Waals surface area contributed by atoms with E-state index < -0.39 is 6.04 Å². The van der Waals surface area contributed by atoms with Gasteiger partial charge in [0.25, 0.3) is 5.91 Å². The van der Waals surface area contributed by atoms with Gasteiger partial charge in [-0.25, -0.2) is 0 Å². The van der Waals surface area contributed by atoms with E-state index >= 15 is 0 Å². The van der Waals surface area contributed by atoms with Crippen molar-refractivity contribution in [1.29, 1.82) is 0 Å². The van der Waals surface area contributed by atoms with E-state index in [2.05, 4.69) is 5.16 Å². The molecule has 6 nitrogen and oxygen atoms in total. The van der Waals surface area contributed by atoms with Crippen LogP contribution in [0.15, 0.2) is 40.1 Å². The van der Waals surface area contributed by atoms with Gasteiger partial charge in [-0.2, -0.15) is 0 Å². The van der Waals surface area contributed by atoms with Crippen molar-refractivity contribution in [3.8, 4) is 0 Å². The number of anilines is 1. The Labute approximate surface area is 201 Å². The van der Waals surface area contributed by atoms with Crippen molar-refractivity contribution >= 4 is 40.7 Å². The number of benzene rings is 1. The zero-order valence-corrected chi connectivity index (χ0v) is 19.7. The third-order valence-corrected chi connectivity index (χ3v) is 8.54. The highest BCUT2D eigenvalue weighted by Crippen LogP contribution is 2.52. The highest BCUT2D eigenvalue weighted by Gasteiger charge is 2.56. The SMILES string of the molecule is Cc1cc(N2C(=O)C3=C(C(=O)C4CCC5CCCCC5C4O3)C2c2ccc(Cl)c(Cl)c2)no1. The summed E-state index contributed by atoms with van der Waals surface area (Å²) in [5.41, 5.74) is 1.08. The van der Waals surface area contributed by atoms with E-state index in [9.17, 15) is 9.59 Å². The maximum Gasteiger partial charge on any atom is 0.295 e. The van der Waals surface area contributed by atoms with E-state index in [-0.39, 0.29) is 29.5 Å². The van der Waals surface area contributed by atoms with Crippen molar-refractivity contribution in [3.63, 3.8) is 0 Å². The number of carbonyl (C=O) groups excluding carboxylic acids is 2. The lowest BCUT2D eigenvalue weighted by Crippen LogP contribution is -2.48. The molecule has 172 valence electrons. The predicted molar refractivity (Wildman–Crippen MR) is 123 cm³/mol. The van der Waals surface area contributed by atoms with Gasteiger partial charge in [0.05, 0.1) is 27.6 Å². The third-order valence-electron chi connectivity index (χ3n) is 7.80. The normalized spacial score (nSPS) is 31.2. The van der Waals surface area contributed by atoms with Crippen molar-refractivity contribution in [1.82, 2.24) is 5.16 Å². The van der Waals surface area contributed by atoms with E-state index in [0.29, 0.717) is 44.6 Å². The Hall–Kier alpha value is -2.31. The molecule has 1 amide bonds. The molecule has 6 rings (SSSR count). The molecule has 3 heterocycles. The van der Waals surface area contributed by atoms with Gasteiger partial charge in [0, 0.05) is 6.07 Å². The Kier molecular flexibility index (Phi) is 5.07. The molecule has 2 saturated carbocycles. The zero-order chi connectivity index (χ0) is 22.9. The number of aryl methyl sites for hydroxylation is 1. The van der Waals surface area contributed by atoms with Crippen LogP contribution in [0.25, 0.3) is 0 Å². The van der Waals surface area contributed by atoms with E-state index in [1.54, 1.807) is 31.2 Å². The van der Waals surface area contributed by atoms with Crippen LogP contribution in [0.1, 0.15) is 55.9 Å². The Balaban J connectivity index is 1.47. The fourth-order valence-electron chi connectivity index (χ4n) is 6.33. The van der Waals surface area contributed by atoms with Crippen molar-refractivity contribution in [2.45, 2.75) is 57.6 Å². The highest BCUT2D eigenvalue weighted by molar-refractivity contribution is 6.42. The van der Waals surface area contributed by atoms with Gasteiger partial charge in [0.15, 0.2) is 17.4 Å². The summed E-state index contributed by atoms with van der Waals surface area (Å²) in [6.07, 6.45) is 6.23. The van der Waals surface area contributed by atoms with Gasteiger partial charge < -0.3 is 9.26 Å². The molecule has 4 aliphatic rings. The molecule has 2 fully saturated rings. The summed E-state index contributed by atoms with van der Waals surface area (Å²) in [6, 6.07) is 6.17. The molecular formula is C25H24Cl2N2O4. The summed E-state index contributed by atoms with van der Waals surface area (Å²) in [5, 5.41) is 4.85. The summed E-state index contributed by atoms with van der Waals surface area (Å²) in [4.78, 5) is 29.2. The maximum atomic E-state index is 14.0. The number of halogens is 2. The fraction of sp³-hybridized carbons (Fsp3) is 0.480. The molecule has 2 aromatic rings. The summed E-state index contributed by atoms with van der Waals surface area (Å²) >= 11 is 12.5. The van der Waals surface area contributed by atoms with Crippen LogP contribution in [0.2, 0.25) is 10.0 Å². The molecule has 5 unspecified atom stereocenters. The second-order valence-corrected chi connectivity index (χ2v) is 10.4. The topological polar surface area (TPSA) is 72.6 Å². The molecule has 0 bridgehead atoms. The molecule has 1 aromatic carbocycles. The fourth-order valence-corrected chi connectivity index (χ4v) is 6.63. The van der Waals surface area contributed by atoms with Crippen LogP contribution in [0.3, 0.4) is 0 Å². The first kappa shape index (κ1) is 21.2. The van der Waals surface area contributed by atoms with Gasteiger partial charge in [0.2, 0.25) is 0 Å². The average Bonchev–Trinajstić information content (AvgIpc) is 3.36. The lowest BCUT2D eigenvalue weighted by molar-refractivity contribution is -0.139. The quantitative estimate of drug-likeness (QED) is 0.534. The van der Waals surface area contributed by atoms with Gasteiger partial charge in [-0.05, 0) is 55.7 Å². The van der Waals surface area contributed by atoms with Crippen LogP contribution in [0, 0.1) is 24.7 Å². The number of nitrogens with zero attached hydrogens (tertiary/aromatic N) is 2. The van der Waals surface area contributed by atoms with Crippen LogP contribution >= 0.6 is 23.2 Å². The zero-order valence-electron chi connectivity index (χ0n) is 18.2. The Morgan fingerprint density at radius 1 is 1.03 bits per heavy atom. The number of ether oxygens (including phenoxy) is 1. The summed E-state index contributed by atoms with van der Waals surface area (Å²) in [6.45, 7) is 1.76. The molecule has 0 radical (unpaired) electrons. The van der Waals surface area contributed by atoms with Crippen molar-refractivity contribution in [2.24, 2.45) is 17.8 Å². The van der Waals surface area contributed by atoms with Gasteiger partial charge in [-0.15, -0.1) is 0 Å². The molecule has 33 heavy (non-hydrogen) atoms. The van der Waals surface area contributed by atoms with Crippen molar-refractivity contribution < 1.29 is 18.8 Å². The van der Waals surface area contributed by atoms with Crippen LogP contribution in [-0.4, -0.2) is 23.0 Å². The molecule has 1 aromatic heterocycles. The number of hydrogen-bond donors (Lipinski definition) is 0. The molecular weight excluding hydrogens is 463 g/mol. The number of ketones is 1. The Bertz CT molecular complexity index is 1190. The molecule has 2 aliphatic carbocycles. The van der Waals surface area contributed by atoms with Crippen molar-refractivity contribution in [3.05, 3.63) is 57.0 Å². The molecule has 0 N–H and O–H groups in total. The largest absolute Gasteiger partial charge is 0.483 e. The number of aromatic nitrogens is 1. The number of fused-ring (bicyclic) bond motifs is 3. The minimum atomic E-state index is -0.690. The molecule has 0 saturated heterocycles. The summed E-state index contributed by atoms with van der Waals surface area (Å²) in [7, 11) is 0. The number of Topliss-reactive ketones (excluding diaryl/α,β-unsaturated/α-hetero) is 1. The Morgan fingerprint density at radius 3 is 2.61 bits per heavy atom. The number of carbonyl (C=O) groups is 2. The predicted octanol–water partition coefficient (Wildman–Crippen LogP) is 5.82. The van der Waals surface area contributed by atoms with Crippen LogP contribution in [0.5, 0.6) is 0 Å². The lowest BCUT2D eigenvalue weighted by atomic mass is 9.63. The van der Waals surface area contributed by atoms with Gasteiger partial charge >= 0.3 is 0 Å². The average molecular weight is 487 g/mol. The smallest absolute Gasteiger partial charge is 0.295 e. The van der Waals surface area contributed by atoms with E-state index in [1.807, 2.05) is 0 Å². The van der Waals surface area contributed by atoms with Crippen LogP contribution in [0.4, 0.5) is 5.82 Å². The highest BCUT2D eigenvalue weighted by atomic mass is 35.5. The first-order valence-corrected chi connectivity index (χ1v) is 12.4. The Morgan fingerprint density at radius 2 is 1.85 bits per heavy atom. The molecule has 0 spiro atoms. The lowest BCUT2D eigenvalue weighted by Gasteiger charge is -2.46. The standard InChI is InChI=1S/C25H24Cl2N2O4/c1-12-10-19(28-33-12)29-21(14-7-9-17(26)18(27)11-14)20-22(30)16-8-6-13-4-2-3-5-15(13)23(16)32-24(20)25(29)31/h7,9-11,13,15-16,21,23H,2-6,8H2,1H3. The van der Waals surface area contributed by atoms with Crippen molar-refractivity contribution in [2.75, 3.05) is 4.90 Å². The maximum absolute atomic E-state index is 14.0. The van der Waals surface area contributed by atoms with Gasteiger partial charge in [0.1, 0.15) is 11.9 Å². The summed E-state index contributed by atoms with van der Waals surface area (Å²) < 4.78 is 11.7.